The van der Waals surface area contributed by atoms with Crippen LogP contribution in [0.3, 0.4) is 0 Å². The third kappa shape index (κ3) is 8.04. The molecule has 2 aromatic rings. The van der Waals surface area contributed by atoms with Crippen molar-refractivity contribution < 1.29 is 24.1 Å². The van der Waals surface area contributed by atoms with E-state index in [1.807, 2.05) is 45.0 Å². The number of piperidine rings is 1. The average molecular weight is 518 g/mol. The minimum Gasteiger partial charge on any atom is -0.493 e. The summed E-state index contributed by atoms with van der Waals surface area (Å²) in [5.41, 5.74) is 1.69. The lowest BCUT2D eigenvalue weighted by Crippen LogP contribution is -2.42. The zero-order valence-corrected chi connectivity index (χ0v) is 22.9. The van der Waals surface area contributed by atoms with E-state index in [9.17, 15) is 9.90 Å². The molecule has 1 aliphatic heterocycles. The lowest BCUT2D eigenvalue weighted by Gasteiger charge is -2.33. The maximum atomic E-state index is 12.2. The fourth-order valence-electron chi connectivity index (χ4n) is 4.16. The quantitative estimate of drug-likeness (QED) is 0.412. The second-order valence-electron chi connectivity index (χ2n) is 11.0. The summed E-state index contributed by atoms with van der Waals surface area (Å²) in [5, 5.41) is 9.56. The zero-order valence-electron chi connectivity index (χ0n) is 22.1. The molecular formula is C29H40ClNO5. The molecule has 1 fully saturated rings. The van der Waals surface area contributed by atoms with Gasteiger partial charge in [-0.05, 0) is 74.9 Å². The number of rotatable bonds is 9. The van der Waals surface area contributed by atoms with Gasteiger partial charge in [-0.2, -0.15) is 0 Å². The van der Waals surface area contributed by atoms with Crippen molar-refractivity contribution in [3.8, 4) is 11.5 Å². The number of carbonyl (C=O) groups is 1. The molecule has 0 radical (unpaired) electrons. The van der Waals surface area contributed by atoms with Crippen molar-refractivity contribution in [1.82, 2.24) is 4.90 Å². The number of alkyl halides is 1. The molecule has 1 N–H and O–H groups in total. The molecule has 0 saturated carbocycles. The van der Waals surface area contributed by atoms with Crippen LogP contribution < -0.4 is 9.47 Å². The number of carbonyl (C=O) groups excluding carboxylic acids is 1. The van der Waals surface area contributed by atoms with Crippen LogP contribution in [0.15, 0.2) is 48.5 Å². The van der Waals surface area contributed by atoms with Crippen LogP contribution in [0.4, 0.5) is 4.79 Å². The summed E-state index contributed by atoms with van der Waals surface area (Å²) in [6, 6.07) is 16.2. The Morgan fingerprint density at radius 3 is 1.92 bits per heavy atom. The average Bonchev–Trinajstić information content (AvgIpc) is 2.85. The minimum absolute atomic E-state index is 0.151. The Morgan fingerprint density at radius 2 is 1.44 bits per heavy atom. The van der Waals surface area contributed by atoms with E-state index in [-0.39, 0.29) is 24.0 Å². The van der Waals surface area contributed by atoms with E-state index in [1.165, 1.54) is 5.56 Å². The van der Waals surface area contributed by atoms with Gasteiger partial charge in [-0.3, -0.25) is 0 Å². The van der Waals surface area contributed by atoms with Gasteiger partial charge in [0, 0.05) is 18.5 Å². The molecule has 7 heteroatoms. The number of amides is 1. The molecule has 1 saturated heterocycles. The summed E-state index contributed by atoms with van der Waals surface area (Å²) in [6.07, 6.45) is 0.921. The number of likely N-dealkylation sites (tertiary alicyclic amines) is 1. The van der Waals surface area contributed by atoms with E-state index in [4.69, 9.17) is 25.8 Å². The zero-order chi connectivity index (χ0) is 26.3. The number of aliphatic hydroxyl groups excluding tert-OH is 1. The van der Waals surface area contributed by atoms with Crippen LogP contribution in [0.25, 0.3) is 0 Å². The molecule has 36 heavy (non-hydrogen) atoms. The van der Waals surface area contributed by atoms with E-state index in [2.05, 4.69) is 38.1 Å². The van der Waals surface area contributed by atoms with E-state index >= 15 is 0 Å². The Labute approximate surface area is 220 Å². The number of hydrogen-bond acceptors (Lipinski definition) is 5. The van der Waals surface area contributed by atoms with Crippen molar-refractivity contribution >= 4 is 17.7 Å². The fraction of sp³-hybridized carbons (Fsp3) is 0.552. The molecule has 0 aliphatic carbocycles. The first-order chi connectivity index (χ1) is 17.0. The van der Waals surface area contributed by atoms with Crippen LogP contribution in [-0.4, -0.2) is 60.0 Å². The Balaban J connectivity index is 1.49. The predicted octanol–water partition coefficient (Wildman–Crippen LogP) is 6.02. The van der Waals surface area contributed by atoms with Gasteiger partial charge >= 0.3 is 6.09 Å². The number of hydrogen-bond donors (Lipinski definition) is 1. The van der Waals surface area contributed by atoms with Crippen LogP contribution in [-0.2, 0) is 10.2 Å². The standard InChI is InChI=1S/C29H40ClNO5/c1-28(2,3)36-27(33)31-16-14-21(15-17-31)19-34-25-10-6-22(7-11-25)29(4,5)23-8-12-26(13-9-23)35-20-24(32)18-30/h6-13,21,24,32H,14-20H2,1-5H3/t24-/m1/s1. The molecule has 1 aliphatic rings. The normalized spacial score (nSPS) is 15.9. The van der Waals surface area contributed by atoms with Crippen LogP contribution >= 0.6 is 11.6 Å². The predicted molar refractivity (Wildman–Crippen MR) is 143 cm³/mol. The van der Waals surface area contributed by atoms with E-state index in [0.717, 1.165) is 24.2 Å². The fourth-order valence-corrected chi connectivity index (χ4v) is 4.25. The molecule has 1 heterocycles. The number of aliphatic hydroxyl groups is 1. The smallest absolute Gasteiger partial charge is 0.410 e. The van der Waals surface area contributed by atoms with Crippen LogP contribution in [0.5, 0.6) is 11.5 Å². The largest absolute Gasteiger partial charge is 0.493 e. The first-order valence-corrected chi connectivity index (χ1v) is 13.2. The Bertz CT molecular complexity index is 961. The van der Waals surface area contributed by atoms with Crippen LogP contribution in [0, 0.1) is 5.92 Å². The SMILES string of the molecule is CC(C)(C)OC(=O)N1CCC(COc2ccc(C(C)(C)c3ccc(OC[C@H](O)CCl)cc3)cc2)CC1. The minimum atomic E-state index is -0.673. The van der Waals surface area contributed by atoms with E-state index in [0.29, 0.717) is 31.4 Å². The second kappa shape index (κ2) is 12.2. The van der Waals surface area contributed by atoms with Gasteiger partial charge in [0.25, 0.3) is 0 Å². The third-order valence-electron chi connectivity index (χ3n) is 6.52. The highest BCUT2D eigenvalue weighted by Crippen LogP contribution is 2.33. The summed E-state index contributed by atoms with van der Waals surface area (Å²) < 4.78 is 17.1. The molecule has 0 bridgehead atoms. The van der Waals surface area contributed by atoms with E-state index in [1.54, 1.807) is 4.90 Å². The highest BCUT2D eigenvalue weighted by Gasteiger charge is 2.27. The molecule has 0 spiro atoms. The van der Waals surface area contributed by atoms with E-state index < -0.39 is 11.7 Å². The van der Waals surface area contributed by atoms with Gasteiger partial charge in [-0.1, -0.05) is 38.1 Å². The lowest BCUT2D eigenvalue weighted by atomic mass is 9.78. The van der Waals surface area contributed by atoms with Gasteiger partial charge in [-0.25, -0.2) is 4.79 Å². The van der Waals surface area contributed by atoms with Gasteiger partial charge in [0.05, 0.1) is 12.5 Å². The maximum Gasteiger partial charge on any atom is 0.410 e. The molecule has 1 amide bonds. The molecular weight excluding hydrogens is 478 g/mol. The topological polar surface area (TPSA) is 68.2 Å². The monoisotopic (exact) mass is 517 g/mol. The van der Waals surface area contributed by atoms with Gasteiger partial charge in [-0.15, -0.1) is 11.6 Å². The number of benzene rings is 2. The van der Waals surface area contributed by atoms with Crippen molar-refractivity contribution in [3.05, 3.63) is 59.7 Å². The van der Waals surface area contributed by atoms with Gasteiger partial charge in [0.2, 0.25) is 0 Å². The molecule has 3 rings (SSSR count). The molecule has 2 aromatic carbocycles. The lowest BCUT2D eigenvalue weighted by molar-refractivity contribution is 0.0165. The van der Waals surface area contributed by atoms with Gasteiger partial charge < -0.3 is 24.2 Å². The first kappa shape index (κ1) is 28.1. The summed E-state index contributed by atoms with van der Waals surface area (Å²) in [5.74, 6) is 2.13. The Kier molecular flexibility index (Phi) is 9.53. The number of halogens is 1. The molecule has 0 unspecified atom stereocenters. The maximum absolute atomic E-state index is 12.2. The molecule has 198 valence electrons. The van der Waals surface area contributed by atoms with Crippen LogP contribution in [0.2, 0.25) is 0 Å². The summed E-state index contributed by atoms with van der Waals surface area (Å²) in [6.45, 7) is 12.3. The van der Waals surface area contributed by atoms with Crippen molar-refractivity contribution in [2.24, 2.45) is 5.92 Å². The van der Waals surface area contributed by atoms with Gasteiger partial charge in [0.15, 0.2) is 0 Å². The number of ether oxygens (including phenoxy) is 3. The van der Waals surface area contributed by atoms with Crippen LogP contribution in [0.1, 0.15) is 58.6 Å². The highest BCUT2D eigenvalue weighted by atomic mass is 35.5. The highest BCUT2D eigenvalue weighted by molar-refractivity contribution is 6.18. The Hall–Kier alpha value is -2.44. The third-order valence-corrected chi connectivity index (χ3v) is 6.88. The van der Waals surface area contributed by atoms with Crippen molar-refractivity contribution in [2.75, 3.05) is 32.2 Å². The summed E-state index contributed by atoms with van der Waals surface area (Å²) in [4.78, 5) is 14.0. The van der Waals surface area contributed by atoms with Gasteiger partial charge in [0.1, 0.15) is 29.8 Å². The molecule has 0 aromatic heterocycles. The molecule has 6 nitrogen and oxygen atoms in total. The first-order valence-electron chi connectivity index (χ1n) is 12.7. The van der Waals surface area contributed by atoms with Crippen molar-refractivity contribution in [3.63, 3.8) is 0 Å². The second-order valence-corrected chi connectivity index (χ2v) is 11.3. The summed E-state index contributed by atoms with van der Waals surface area (Å²) in [7, 11) is 0. The summed E-state index contributed by atoms with van der Waals surface area (Å²) >= 11 is 5.62. The van der Waals surface area contributed by atoms with Crippen molar-refractivity contribution in [1.29, 1.82) is 0 Å². The molecule has 1 atom stereocenters. The van der Waals surface area contributed by atoms with Crippen molar-refractivity contribution in [2.45, 2.75) is 64.6 Å². The Morgan fingerprint density at radius 1 is 0.944 bits per heavy atom. The number of nitrogens with zero attached hydrogens (tertiary/aromatic N) is 1.